The van der Waals surface area contributed by atoms with Gasteiger partial charge in [-0.1, -0.05) is 12.1 Å². The molecule has 0 aromatic heterocycles. The van der Waals surface area contributed by atoms with Crippen molar-refractivity contribution < 1.29 is 0 Å². The molecule has 0 fully saturated rings. The van der Waals surface area contributed by atoms with Crippen molar-refractivity contribution in [3.63, 3.8) is 0 Å². The van der Waals surface area contributed by atoms with Gasteiger partial charge in [0, 0.05) is 12.2 Å². The van der Waals surface area contributed by atoms with Gasteiger partial charge in [0.05, 0.1) is 0 Å². The lowest BCUT2D eigenvalue weighted by atomic mass is 9.96. The monoisotopic (exact) mass is 188 g/mol. The third kappa shape index (κ3) is 1.80. The van der Waals surface area contributed by atoms with Crippen LogP contribution in [0.15, 0.2) is 24.3 Å². The molecule has 3 N–H and O–H groups in total. The van der Waals surface area contributed by atoms with E-state index in [2.05, 4.69) is 24.4 Å². The Balaban J connectivity index is 2.35. The Morgan fingerprint density at radius 2 is 2.21 bits per heavy atom. The number of anilines is 1. The van der Waals surface area contributed by atoms with Gasteiger partial charge in [0.1, 0.15) is 0 Å². The van der Waals surface area contributed by atoms with E-state index in [0.717, 1.165) is 25.2 Å². The Labute approximate surface area is 84.8 Å². The second-order valence-corrected chi connectivity index (χ2v) is 3.76. The summed E-state index contributed by atoms with van der Waals surface area (Å²) in [6, 6.07) is 6.14. The molecule has 1 aliphatic rings. The first-order valence-electron chi connectivity index (χ1n) is 5.03. The molecule has 0 atom stereocenters. The normalized spacial score (nSPS) is 16.5. The van der Waals surface area contributed by atoms with Gasteiger partial charge in [-0.05, 0) is 48.7 Å². The van der Waals surface area contributed by atoms with Crippen LogP contribution < -0.4 is 11.1 Å². The first-order chi connectivity index (χ1) is 6.77. The van der Waals surface area contributed by atoms with Crippen molar-refractivity contribution >= 4 is 11.3 Å². The molecule has 14 heavy (non-hydrogen) atoms. The summed E-state index contributed by atoms with van der Waals surface area (Å²) in [7, 11) is 0. The van der Waals surface area contributed by atoms with Gasteiger partial charge in [0.25, 0.3) is 0 Å². The van der Waals surface area contributed by atoms with Crippen molar-refractivity contribution in [3.05, 3.63) is 35.4 Å². The Morgan fingerprint density at radius 1 is 1.36 bits per heavy atom. The third-order valence-corrected chi connectivity index (χ3v) is 2.66. The summed E-state index contributed by atoms with van der Waals surface area (Å²) in [6.07, 6.45) is 3.38. The van der Waals surface area contributed by atoms with Crippen LogP contribution in [-0.2, 0) is 0 Å². The molecule has 1 heterocycles. The highest BCUT2D eigenvalue weighted by Gasteiger charge is 2.07. The molecular weight excluding hydrogens is 172 g/mol. The van der Waals surface area contributed by atoms with Crippen LogP contribution in [-0.4, -0.2) is 13.1 Å². The van der Waals surface area contributed by atoms with Crippen molar-refractivity contribution in [1.29, 1.82) is 0 Å². The molecule has 1 aromatic carbocycles. The van der Waals surface area contributed by atoms with Crippen LogP contribution >= 0.6 is 0 Å². The van der Waals surface area contributed by atoms with Gasteiger partial charge >= 0.3 is 0 Å². The van der Waals surface area contributed by atoms with E-state index in [4.69, 9.17) is 5.73 Å². The maximum absolute atomic E-state index is 5.73. The molecule has 0 spiro atoms. The minimum atomic E-state index is 0.848. The number of nitrogen functional groups attached to an aromatic ring is 1. The van der Waals surface area contributed by atoms with E-state index in [1.165, 1.54) is 16.7 Å². The Hall–Kier alpha value is -1.28. The lowest BCUT2D eigenvalue weighted by Crippen LogP contribution is -2.20. The lowest BCUT2D eigenvalue weighted by molar-refractivity contribution is 0.738. The number of rotatable bonds is 1. The Morgan fingerprint density at radius 3 is 2.86 bits per heavy atom. The topological polar surface area (TPSA) is 38.0 Å². The van der Waals surface area contributed by atoms with Gasteiger partial charge in [-0.15, -0.1) is 0 Å². The zero-order valence-corrected chi connectivity index (χ0v) is 8.51. The highest BCUT2D eigenvalue weighted by atomic mass is 14.8. The fourth-order valence-electron chi connectivity index (χ4n) is 1.91. The number of hydrogen-bond donors (Lipinski definition) is 2. The number of aryl methyl sites for hydroxylation is 1. The predicted molar refractivity (Wildman–Crippen MR) is 61.1 cm³/mol. The molecule has 74 valence electrons. The predicted octanol–water partition coefficient (Wildman–Crippen LogP) is 1.95. The van der Waals surface area contributed by atoms with E-state index in [-0.39, 0.29) is 0 Å². The summed E-state index contributed by atoms with van der Waals surface area (Å²) in [5.74, 6) is 0. The first-order valence-corrected chi connectivity index (χ1v) is 5.03. The van der Waals surface area contributed by atoms with Crippen molar-refractivity contribution in [2.75, 3.05) is 18.8 Å². The van der Waals surface area contributed by atoms with Crippen LogP contribution in [0.25, 0.3) is 5.57 Å². The van der Waals surface area contributed by atoms with Gasteiger partial charge in [-0.25, -0.2) is 0 Å². The van der Waals surface area contributed by atoms with Crippen LogP contribution in [0.3, 0.4) is 0 Å². The lowest BCUT2D eigenvalue weighted by Gasteiger charge is -2.16. The molecule has 0 radical (unpaired) electrons. The molecule has 0 saturated heterocycles. The summed E-state index contributed by atoms with van der Waals surface area (Å²) < 4.78 is 0. The largest absolute Gasteiger partial charge is 0.399 e. The summed E-state index contributed by atoms with van der Waals surface area (Å²) in [6.45, 7) is 4.18. The van der Waals surface area contributed by atoms with E-state index in [1.807, 2.05) is 12.1 Å². The molecule has 2 nitrogen and oxygen atoms in total. The highest BCUT2D eigenvalue weighted by molar-refractivity contribution is 5.70. The summed E-state index contributed by atoms with van der Waals surface area (Å²) in [5.41, 5.74) is 10.6. The van der Waals surface area contributed by atoms with Crippen LogP contribution in [0.4, 0.5) is 5.69 Å². The van der Waals surface area contributed by atoms with E-state index in [1.54, 1.807) is 0 Å². The standard InChI is InChI=1S/C12H16N2/c1-9-8-11(13)2-3-12(9)10-4-6-14-7-5-10/h2-4,8,14H,5-7,13H2,1H3. The highest BCUT2D eigenvalue weighted by Crippen LogP contribution is 2.24. The molecule has 2 rings (SSSR count). The van der Waals surface area contributed by atoms with Gasteiger partial charge < -0.3 is 11.1 Å². The van der Waals surface area contributed by atoms with Crippen LogP contribution in [0.2, 0.25) is 0 Å². The summed E-state index contributed by atoms with van der Waals surface area (Å²) in [5, 5.41) is 3.31. The minimum Gasteiger partial charge on any atom is -0.399 e. The molecule has 2 heteroatoms. The fraction of sp³-hybridized carbons (Fsp3) is 0.333. The van der Waals surface area contributed by atoms with E-state index in [0.29, 0.717) is 0 Å². The maximum atomic E-state index is 5.73. The second kappa shape index (κ2) is 3.84. The molecule has 1 aromatic rings. The molecular formula is C12H16N2. The van der Waals surface area contributed by atoms with E-state index >= 15 is 0 Å². The quantitative estimate of drug-likeness (QED) is 0.661. The molecule has 0 saturated carbocycles. The SMILES string of the molecule is Cc1cc(N)ccc1C1=CCNCC1. The van der Waals surface area contributed by atoms with Crippen molar-refractivity contribution in [3.8, 4) is 0 Å². The van der Waals surface area contributed by atoms with E-state index in [9.17, 15) is 0 Å². The zero-order chi connectivity index (χ0) is 9.97. The number of nitrogens with two attached hydrogens (primary N) is 1. The number of hydrogen-bond acceptors (Lipinski definition) is 2. The molecule has 0 amide bonds. The summed E-state index contributed by atoms with van der Waals surface area (Å²) >= 11 is 0. The van der Waals surface area contributed by atoms with Crippen molar-refractivity contribution in [2.24, 2.45) is 0 Å². The van der Waals surface area contributed by atoms with Crippen LogP contribution in [0, 0.1) is 6.92 Å². The van der Waals surface area contributed by atoms with Crippen LogP contribution in [0.5, 0.6) is 0 Å². The zero-order valence-electron chi connectivity index (χ0n) is 8.51. The number of nitrogens with one attached hydrogen (secondary N) is 1. The van der Waals surface area contributed by atoms with Gasteiger partial charge in [-0.2, -0.15) is 0 Å². The number of benzene rings is 1. The Bertz CT molecular complexity index is 367. The summed E-state index contributed by atoms with van der Waals surface area (Å²) in [4.78, 5) is 0. The smallest absolute Gasteiger partial charge is 0.0317 e. The minimum absolute atomic E-state index is 0.848. The van der Waals surface area contributed by atoms with Crippen molar-refractivity contribution in [1.82, 2.24) is 5.32 Å². The second-order valence-electron chi connectivity index (χ2n) is 3.76. The van der Waals surface area contributed by atoms with Gasteiger partial charge in [-0.3, -0.25) is 0 Å². The maximum Gasteiger partial charge on any atom is 0.0317 e. The molecule has 1 aliphatic heterocycles. The first kappa shape index (κ1) is 9.28. The molecule has 0 unspecified atom stereocenters. The average Bonchev–Trinajstić information content (AvgIpc) is 2.19. The molecule has 0 bridgehead atoms. The fourth-order valence-corrected chi connectivity index (χ4v) is 1.91. The van der Waals surface area contributed by atoms with Crippen molar-refractivity contribution in [2.45, 2.75) is 13.3 Å². The van der Waals surface area contributed by atoms with Crippen LogP contribution in [0.1, 0.15) is 17.5 Å². The van der Waals surface area contributed by atoms with E-state index < -0.39 is 0 Å². The average molecular weight is 188 g/mol. The van der Waals surface area contributed by atoms with Gasteiger partial charge in [0.15, 0.2) is 0 Å². The Kier molecular flexibility index (Phi) is 2.55. The van der Waals surface area contributed by atoms with Gasteiger partial charge in [0.2, 0.25) is 0 Å². The third-order valence-electron chi connectivity index (χ3n) is 2.66. The molecule has 0 aliphatic carbocycles.